The predicted octanol–water partition coefficient (Wildman–Crippen LogP) is 3.04. The maximum absolute atomic E-state index is 10.3. The standard InChI is InChI=1S/C19H24N2O2/c1-13(2)19(16-3-4-18-15(11-16)7-10-23-18)21-12-17(22)14-5-8-20-9-6-14/h3-6,8-9,11,13,17,19,21-22H,7,10,12H2,1-2H3. The van der Waals surface area contributed by atoms with E-state index >= 15 is 0 Å². The normalized spacial score (nSPS) is 16.0. The van der Waals surface area contributed by atoms with Crippen molar-refractivity contribution in [3.8, 4) is 5.75 Å². The molecule has 1 aliphatic rings. The summed E-state index contributed by atoms with van der Waals surface area (Å²) < 4.78 is 5.58. The highest BCUT2D eigenvalue weighted by molar-refractivity contribution is 5.41. The van der Waals surface area contributed by atoms with E-state index in [2.05, 4.69) is 42.3 Å². The van der Waals surface area contributed by atoms with Crippen molar-refractivity contribution in [3.05, 3.63) is 59.4 Å². The maximum Gasteiger partial charge on any atom is 0.122 e. The fourth-order valence-electron chi connectivity index (χ4n) is 3.08. The van der Waals surface area contributed by atoms with E-state index in [1.807, 2.05) is 12.1 Å². The smallest absolute Gasteiger partial charge is 0.122 e. The molecule has 1 aromatic heterocycles. The summed E-state index contributed by atoms with van der Waals surface area (Å²) in [6, 6.07) is 10.3. The molecule has 0 spiro atoms. The van der Waals surface area contributed by atoms with Crippen molar-refractivity contribution in [1.82, 2.24) is 10.3 Å². The van der Waals surface area contributed by atoms with Gasteiger partial charge in [0.25, 0.3) is 0 Å². The van der Waals surface area contributed by atoms with E-state index in [1.165, 1.54) is 11.1 Å². The Morgan fingerprint density at radius 3 is 2.70 bits per heavy atom. The van der Waals surface area contributed by atoms with E-state index in [0.717, 1.165) is 24.3 Å². The zero-order chi connectivity index (χ0) is 16.2. The van der Waals surface area contributed by atoms with Crippen LogP contribution in [0.5, 0.6) is 5.75 Å². The van der Waals surface area contributed by atoms with Crippen molar-refractivity contribution in [2.75, 3.05) is 13.2 Å². The molecule has 0 radical (unpaired) electrons. The molecule has 2 aromatic rings. The van der Waals surface area contributed by atoms with Crippen LogP contribution >= 0.6 is 0 Å². The third-order valence-electron chi connectivity index (χ3n) is 4.36. The molecular weight excluding hydrogens is 288 g/mol. The Labute approximate surface area is 137 Å². The van der Waals surface area contributed by atoms with Crippen molar-refractivity contribution in [3.63, 3.8) is 0 Å². The van der Waals surface area contributed by atoms with Crippen LogP contribution in [-0.4, -0.2) is 23.2 Å². The van der Waals surface area contributed by atoms with Crippen LogP contribution in [0.25, 0.3) is 0 Å². The Hall–Kier alpha value is -1.91. The SMILES string of the molecule is CC(C)C(NCC(O)c1ccncc1)c1ccc2c(c1)CCO2. The molecule has 2 heterocycles. The lowest BCUT2D eigenvalue weighted by Crippen LogP contribution is -2.30. The Balaban J connectivity index is 1.70. The minimum Gasteiger partial charge on any atom is -0.493 e. The van der Waals surface area contributed by atoms with Gasteiger partial charge in [0.05, 0.1) is 12.7 Å². The number of hydrogen-bond acceptors (Lipinski definition) is 4. The number of aromatic nitrogens is 1. The van der Waals surface area contributed by atoms with Gasteiger partial charge in [0.15, 0.2) is 0 Å². The van der Waals surface area contributed by atoms with E-state index in [4.69, 9.17) is 4.74 Å². The van der Waals surface area contributed by atoms with Gasteiger partial charge in [0.2, 0.25) is 0 Å². The van der Waals surface area contributed by atoms with Gasteiger partial charge in [0.1, 0.15) is 5.75 Å². The molecule has 0 bridgehead atoms. The van der Waals surface area contributed by atoms with Crippen molar-refractivity contribution in [1.29, 1.82) is 0 Å². The quantitative estimate of drug-likeness (QED) is 0.861. The van der Waals surface area contributed by atoms with Gasteiger partial charge in [-0.2, -0.15) is 0 Å². The Morgan fingerprint density at radius 1 is 1.17 bits per heavy atom. The highest BCUT2D eigenvalue weighted by Crippen LogP contribution is 2.30. The average Bonchev–Trinajstić information content (AvgIpc) is 3.03. The molecule has 0 saturated heterocycles. The van der Waals surface area contributed by atoms with Crippen molar-refractivity contribution in [2.24, 2.45) is 5.92 Å². The Kier molecular flexibility index (Phi) is 4.94. The summed E-state index contributed by atoms with van der Waals surface area (Å²) in [5.74, 6) is 1.44. The Bertz CT molecular complexity index is 643. The first kappa shape index (κ1) is 16.0. The Morgan fingerprint density at radius 2 is 1.96 bits per heavy atom. The van der Waals surface area contributed by atoms with Crippen LogP contribution in [0.2, 0.25) is 0 Å². The van der Waals surface area contributed by atoms with Gasteiger partial charge in [-0.1, -0.05) is 26.0 Å². The molecule has 1 aromatic carbocycles. The lowest BCUT2D eigenvalue weighted by molar-refractivity contribution is 0.165. The summed E-state index contributed by atoms with van der Waals surface area (Å²) in [5.41, 5.74) is 3.42. The van der Waals surface area contributed by atoms with Crippen LogP contribution < -0.4 is 10.1 Å². The summed E-state index contributed by atoms with van der Waals surface area (Å²) in [6.07, 6.45) is 3.86. The third kappa shape index (κ3) is 3.71. The lowest BCUT2D eigenvalue weighted by atomic mass is 9.94. The van der Waals surface area contributed by atoms with Crippen molar-refractivity contribution >= 4 is 0 Å². The average molecular weight is 312 g/mol. The highest BCUT2D eigenvalue weighted by atomic mass is 16.5. The van der Waals surface area contributed by atoms with Crippen molar-refractivity contribution in [2.45, 2.75) is 32.4 Å². The number of pyridine rings is 1. The summed E-state index contributed by atoms with van der Waals surface area (Å²) in [4.78, 5) is 3.99. The summed E-state index contributed by atoms with van der Waals surface area (Å²) in [6.45, 7) is 5.68. The van der Waals surface area contributed by atoms with E-state index in [-0.39, 0.29) is 6.04 Å². The van der Waals surface area contributed by atoms with Crippen LogP contribution in [0.3, 0.4) is 0 Å². The van der Waals surface area contributed by atoms with Gasteiger partial charge in [-0.15, -0.1) is 0 Å². The topological polar surface area (TPSA) is 54.4 Å². The fraction of sp³-hybridized carbons (Fsp3) is 0.421. The number of fused-ring (bicyclic) bond motifs is 1. The minimum absolute atomic E-state index is 0.206. The van der Waals surface area contributed by atoms with Crippen LogP contribution in [0.4, 0.5) is 0 Å². The first-order valence-electron chi connectivity index (χ1n) is 8.22. The van der Waals surface area contributed by atoms with E-state index < -0.39 is 6.10 Å². The summed E-state index contributed by atoms with van der Waals surface area (Å²) >= 11 is 0. The molecule has 2 atom stereocenters. The number of nitrogens with one attached hydrogen (secondary N) is 1. The molecule has 3 rings (SSSR count). The molecule has 4 nitrogen and oxygen atoms in total. The van der Waals surface area contributed by atoms with Gasteiger partial charge in [0, 0.05) is 31.4 Å². The third-order valence-corrected chi connectivity index (χ3v) is 4.36. The molecule has 0 aliphatic carbocycles. The van der Waals surface area contributed by atoms with Crippen LogP contribution in [0.15, 0.2) is 42.7 Å². The highest BCUT2D eigenvalue weighted by Gasteiger charge is 2.20. The second-order valence-electron chi connectivity index (χ2n) is 6.39. The van der Waals surface area contributed by atoms with E-state index in [1.54, 1.807) is 12.4 Å². The largest absolute Gasteiger partial charge is 0.493 e. The van der Waals surface area contributed by atoms with Crippen LogP contribution in [0, 0.1) is 5.92 Å². The monoisotopic (exact) mass is 312 g/mol. The molecular formula is C19H24N2O2. The molecule has 4 heteroatoms. The van der Waals surface area contributed by atoms with Gasteiger partial charge < -0.3 is 15.2 Å². The molecule has 122 valence electrons. The number of nitrogens with zero attached hydrogens (tertiary/aromatic N) is 1. The first-order valence-corrected chi connectivity index (χ1v) is 8.22. The lowest BCUT2D eigenvalue weighted by Gasteiger charge is -2.25. The molecule has 2 N–H and O–H groups in total. The van der Waals surface area contributed by atoms with Crippen LogP contribution in [-0.2, 0) is 6.42 Å². The zero-order valence-corrected chi connectivity index (χ0v) is 13.7. The van der Waals surface area contributed by atoms with Gasteiger partial charge in [-0.25, -0.2) is 0 Å². The second kappa shape index (κ2) is 7.11. The number of benzene rings is 1. The molecule has 2 unspecified atom stereocenters. The molecule has 0 fully saturated rings. The zero-order valence-electron chi connectivity index (χ0n) is 13.7. The second-order valence-corrected chi connectivity index (χ2v) is 6.39. The summed E-state index contributed by atoms with van der Waals surface area (Å²) in [5, 5.41) is 13.9. The number of ether oxygens (including phenoxy) is 1. The first-order chi connectivity index (χ1) is 11.1. The fourth-order valence-corrected chi connectivity index (χ4v) is 3.08. The number of aliphatic hydroxyl groups excluding tert-OH is 1. The van der Waals surface area contributed by atoms with Gasteiger partial charge >= 0.3 is 0 Å². The molecule has 0 amide bonds. The molecule has 23 heavy (non-hydrogen) atoms. The maximum atomic E-state index is 10.3. The predicted molar refractivity (Wildman–Crippen MR) is 90.4 cm³/mol. The number of hydrogen-bond donors (Lipinski definition) is 2. The molecule has 1 aliphatic heterocycles. The minimum atomic E-state index is -0.531. The van der Waals surface area contributed by atoms with Crippen molar-refractivity contribution < 1.29 is 9.84 Å². The van der Waals surface area contributed by atoms with Gasteiger partial charge in [-0.3, -0.25) is 4.98 Å². The number of rotatable bonds is 6. The molecule has 0 saturated carbocycles. The van der Waals surface area contributed by atoms with Crippen LogP contribution in [0.1, 0.15) is 42.7 Å². The van der Waals surface area contributed by atoms with E-state index in [9.17, 15) is 5.11 Å². The number of aliphatic hydroxyl groups is 1. The van der Waals surface area contributed by atoms with Gasteiger partial charge in [-0.05, 0) is 40.8 Å². The van der Waals surface area contributed by atoms with E-state index in [0.29, 0.717) is 12.5 Å². The summed E-state index contributed by atoms with van der Waals surface area (Å²) in [7, 11) is 0.